The molecule has 5 nitrogen and oxygen atoms in total. The van der Waals surface area contributed by atoms with Gasteiger partial charge in [-0.15, -0.1) is 0 Å². The molecule has 122 valence electrons. The second-order valence-corrected chi connectivity index (χ2v) is 7.29. The lowest BCUT2D eigenvalue weighted by Crippen LogP contribution is -2.42. The lowest BCUT2D eigenvalue weighted by molar-refractivity contribution is -0.121. The minimum Gasteiger partial charge on any atom is -0.352 e. The molecule has 1 fully saturated rings. The van der Waals surface area contributed by atoms with Crippen molar-refractivity contribution in [3.05, 3.63) is 29.8 Å². The minimum absolute atomic E-state index is 0.0361. The van der Waals surface area contributed by atoms with E-state index in [9.17, 15) is 22.0 Å². The Morgan fingerprint density at radius 2 is 1.86 bits per heavy atom. The molecule has 1 saturated carbocycles. The van der Waals surface area contributed by atoms with Crippen LogP contribution < -0.4 is 11.1 Å². The van der Waals surface area contributed by atoms with E-state index in [4.69, 9.17) is 5.73 Å². The van der Waals surface area contributed by atoms with Crippen LogP contribution in [0.1, 0.15) is 18.4 Å². The van der Waals surface area contributed by atoms with Crippen LogP contribution in [0.3, 0.4) is 0 Å². The third-order valence-corrected chi connectivity index (χ3v) is 5.04. The van der Waals surface area contributed by atoms with Gasteiger partial charge in [-0.2, -0.15) is 8.78 Å². The van der Waals surface area contributed by atoms with Gasteiger partial charge in [-0.05, 0) is 36.5 Å². The second-order valence-electron chi connectivity index (χ2n) is 5.37. The summed E-state index contributed by atoms with van der Waals surface area (Å²) in [5.74, 6) is -3.23. The number of nitrogens with two attached hydrogens (primary N) is 1. The van der Waals surface area contributed by atoms with Gasteiger partial charge in [0.25, 0.3) is 0 Å². The molecule has 22 heavy (non-hydrogen) atoms. The molecule has 8 heteroatoms. The first-order chi connectivity index (χ1) is 10.3. The zero-order chi connectivity index (χ0) is 16.3. The summed E-state index contributed by atoms with van der Waals surface area (Å²) >= 11 is 0. The van der Waals surface area contributed by atoms with Gasteiger partial charge in [0.1, 0.15) is 0 Å². The predicted octanol–water partition coefficient (Wildman–Crippen LogP) is 1.08. The van der Waals surface area contributed by atoms with Crippen LogP contribution in [0.2, 0.25) is 0 Å². The van der Waals surface area contributed by atoms with Gasteiger partial charge in [0.05, 0.1) is 11.3 Å². The summed E-state index contributed by atoms with van der Waals surface area (Å²) in [4.78, 5) is 11.4. The van der Waals surface area contributed by atoms with Gasteiger partial charge < -0.3 is 11.1 Å². The quantitative estimate of drug-likeness (QED) is 0.782. The number of hydrogen-bond donors (Lipinski definition) is 2. The van der Waals surface area contributed by atoms with Crippen molar-refractivity contribution in [1.29, 1.82) is 0 Å². The van der Waals surface area contributed by atoms with Crippen molar-refractivity contribution in [3.8, 4) is 0 Å². The number of sulfone groups is 1. The molecule has 1 atom stereocenters. The number of rotatable bonds is 7. The highest BCUT2D eigenvalue weighted by atomic mass is 32.2. The maximum absolute atomic E-state index is 12.4. The Morgan fingerprint density at radius 3 is 2.32 bits per heavy atom. The summed E-state index contributed by atoms with van der Waals surface area (Å²) < 4.78 is 47.4. The average molecular weight is 332 g/mol. The highest BCUT2D eigenvalue weighted by Gasteiger charge is 2.31. The van der Waals surface area contributed by atoms with Crippen LogP contribution in [0.15, 0.2) is 29.2 Å². The Balaban J connectivity index is 1.97. The van der Waals surface area contributed by atoms with Crippen LogP contribution in [0, 0.1) is 5.92 Å². The molecule has 0 aromatic heterocycles. The summed E-state index contributed by atoms with van der Waals surface area (Å²) in [5, 5.41) is 2.84. The largest absolute Gasteiger partial charge is 0.352 e. The normalized spacial score (nSPS) is 16.5. The highest BCUT2D eigenvalue weighted by molar-refractivity contribution is 7.91. The van der Waals surface area contributed by atoms with E-state index < -0.39 is 20.5 Å². The predicted molar refractivity (Wildman–Crippen MR) is 77.0 cm³/mol. The Kier molecular flexibility index (Phi) is 5.12. The summed E-state index contributed by atoms with van der Waals surface area (Å²) in [7, 11) is -4.60. The van der Waals surface area contributed by atoms with Gasteiger partial charge in [0.2, 0.25) is 15.7 Å². The fourth-order valence-corrected chi connectivity index (χ4v) is 2.93. The molecule has 1 unspecified atom stereocenters. The molecular weight excluding hydrogens is 314 g/mol. The van der Waals surface area contributed by atoms with Crippen molar-refractivity contribution >= 4 is 15.7 Å². The zero-order valence-corrected chi connectivity index (χ0v) is 12.7. The molecule has 0 heterocycles. The number of carbonyl (C=O) groups excluding carboxylic acids is 1. The van der Waals surface area contributed by atoms with Crippen molar-refractivity contribution in [2.24, 2.45) is 11.7 Å². The van der Waals surface area contributed by atoms with E-state index in [1.54, 1.807) is 0 Å². The third-order valence-electron chi connectivity index (χ3n) is 3.64. The Morgan fingerprint density at radius 1 is 1.27 bits per heavy atom. The standard InChI is InChI=1S/C14H18F2N2O3S/c15-14(16)22(20,21)11-5-1-9(2-6-11)7-13(19)18-12(8-17)10-3-4-10/h1-2,5-6,10,12,14H,3-4,7-8,17H2,(H,18,19). The van der Waals surface area contributed by atoms with E-state index in [0.717, 1.165) is 25.0 Å². The molecule has 3 N–H and O–H groups in total. The molecule has 0 bridgehead atoms. The maximum Gasteiger partial charge on any atom is 0.341 e. The van der Waals surface area contributed by atoms with Crippen LogP contribution in [0.5, 0.6) is 0 Å². The van der Waals surface area contributed by atoms with Crippen molar-refractivity contribution in [2.75, 3.05) is 6.54 Å². The van der Waals surface area contributed by atoms with Crippen LogP contribution in [-0.4, -0.2) is 32.7 Å². The smallest absolute Gasteiger partial charge is 0.341 e. The van der Waals surface area contributed by atoms with Gasteiger partial charge in [-0.1, -0.05) is 12.1 Å². The van der Waals surface area contributed by atoms with Gasteiger partial charge in [0, 0.05) is 12.6 Å². The number of alkyl halides is 2. The summed E-state index contributed by atoms with van der Waals surface area (Å²) in [5.41, 5.74) is 6.15. The van der Waals surface area contributed by atoms with Crippen LogP contribution in [-0.2, 0) is 21.1 Å². The van der Waals surface area contributed by atoms with Crippen LogP contribution >= 0.6 is 0 Å². The van der Waals surface area contributed by atoms with Crippen molar-refractivity contribution in [3.63, 3.8) is 0 Å². The van der Waals surface area contributed by atoms with Crippen molar-refractivity contribution in [2.45, 2.75) is 36.0 Å². The maximum atomic E-state index is 12.4. The lowest BCUT2D eigenvalue weighted by Gasteiger charge is -2.16. The van der Waals surface area contributed by atoms with Crippen molar-refractivity contribution in [1.82, 2.24) is 5.32 Å². The first-order valence-electron chi connectivity index (χ1n) is 6.95. The van der Waals surface area contributed by atoms with Gasteiger partial charge in [-0.25, -0.2) is 8.42 Å². The topological polar surface area (TPSA) is 89.3 Å². The van der Waals surface area contributed by atoms with E-state index in [-0.39, 0.29) is 18.4 Å². The van der Waals surface area contributed by atoms with Gasteiger partial charge >= 0.3 is 5.76 Å². The minimum atomic E-state index is -4.60. The lowest BCUT2D eigenvalue weighted by atomic mass is 10.1. The SMILES string of the molecule is NCC(NC(=O)Cc1ccc(S(=O)(=O)C(F)F)cc1)C1CC1. The zero-order valence-electron chi connectivity index (χ0n) is 11.8. The number of halogens is 2. The molecule has 1 amide bonds. The summed E-state index contributed by atoms with van der Waals surface area (Å²) in [6.07, 6.45) is 2.17. The van der Waals surface area contributed by atoms with E-state index in [1.807, 2.05) is 0 Å². The molecule has 1 aliphatic rings. The third kappa shape index (κ3) is 4.01. The highest BCUT2D eigenvalue weighted by Crippen LogP contribution is 2.32. The summed E-state index contributed by atoms with van der Waals surface area (Å²) in [6, 6.07) is 4.87. The summed E-state index contributed by atoms with van der Waals surface area (Å²) in [6.45, 7) is 0.377. The van der Waals surface area contributed by atoms with Crippen LogP contribution in [0.4, 0.5) is 8.78 Å². The fourth-order valence-electron chi connectivity index (χ4n) is 2.21. The molecule has 0 aliphatic heterocycles. The fraction of sp³-hybridized carbons (Fsp3) is 0.500. The van der Waals surface area contributed by atoms with Crippen molar-refractivity contribution < 1.29 is 22.0 Å². The molecule has 1 aliphatic carbocycles. The molecule has 2 rings (SSSR count). The van der Waals surface area contributed by atoms with E-state index in [2.05, 4.69) is 5.32 Å². The number of nitrogens with one attached hydrogen (secondary N) is 1. The van der Waals surface area contributed by atoms with E-state index in [1.165, 1.54) is 12.1 Å². The first-order valence-corrected chi connectivity index (χ1v) is 8.49. The Hall–Kier alpha value is -1.54. The molecule has 1 aromatic carbocycles. The van der Waals surface area contributed by atoms with E-state index >= 15 is 0 Å². The Bertz CT molecular complexity index is 628. The molecule has 0 saturated heterocycles. The molecular formula is C14H18F2N2O3S. The van der Waals surface area contributed by atoms with E-state index in [0.29, 0.717) is 18.0 Å². The first kappa shape index (κ1) is 16.8. The Labute approximate surface area is 127 Å². The number of amides is 1. The number of benzene rings is 1. The molecule has 0 radical (unpaired) electrons. The number of hydrogen-bond acceptors (Lipinski definition) is 4. The van der Waals surface area contributed by atoms with Gasteiger partial charge in [-0.3, -0.25) is 4.79 Å². The van der Waals surface area contributed by atoms with Gasteiger partial charge in [0.15, 0.2) is 0 Å². The molecule has 0 spiro atoms. The molecule has 1 aromatic rings. The average Bonchev–Trinajstić information content (AvgIpc) is 3.29. The number of carbonyl (C=O) groups is 1. The second kappa shape index (κ2) is 6.70. The monoisotopic (exact) mass is 332 g/mol. The van der Waals surface area contributed by atoms with Crippen LogP contribution in [0.25, 0.3) is 0 Å².